The molecule has 1 aliphatic rings. The number of thioether (sulfide) groups is 1. The number of amides is 1. The fourth-order valence-electron chi connectivity index (χ4n) is 4.19. The molecule has 1 N–H and O–H groups in total. The third-order valence-corrected chi connectivity index (χ3v) is 9.57. The van der Waals surface area contributed by atoms with Crippen molar-refractivity contribution < 1.29 is 22.7 Å². The number of hydrogen-bond donors (Lipinski definition) is 1. The van der Waals surface area contributed by atoms with Crippen molar-refractivity contribution in [1.29, 1.82) is 0 Å². The lowest BCUT2D eigenvalue weighted by molar-refractivity contribution is -0.146. The molecule has 4 rings (SSSR count). The molecule has 0 spiro atoms. The van der Waals surface area contributed by atoms with E-state index in [-0.39, 0.29) is 11.4 Å². The van der Waals surface area contributed by atoms with Crippen molar-refractivity contribution in [3.05, 3.63) is 95.8 Å². The van der Waals surface area contributed by atoms with Crippen LogP contribution < -0.4 is 5.32 Å². The van der Waals surface area contributed by atoms with E-state index in [1.807, 2.05) is 42.5 Å². The Kier molecular flexibility index (Phi) is 8.01. The Balaban J connectivity index is 1.58. The SMILES string of the molecule is COC(=O)C(C)(C)c1ccc(S(=O)(=O)N2CCSC2C(=O)N[C@H](c2ccccc2)c2ccccn2)cc1. The van der Waals surface area contributed by atoms with Gasteiger partial charge in [-0.3, -0.25) is 14.6 Å². The topological polar surface area (TPSA) is 106 Å². The minimum absolute atomic E-state index is 0.0570. The molecule has 2 heterocycles. The molecule has 2 aromatic carbocycles. The second kappa shape index (κ2) is 11.0. The molecule has 1 aliphatic heterocycles. The molecule has 1 fully saturated rings. The van der Waals surface area contributed by atoms with Gasteiger partial charge in [0.05, 0.1) is 29.2 Å². The molecular formula is C27H29N3O5S2. The average Bonchev–Trinajstić information content (AvgIpc) is 3.43. The molecule has 1 aromatic heterocycles. The Labute approximate surface area is 221 Å². The Morgan fingerprint density at radius 3 is 2.35 bits per heavy atom. The number of rotatable bonds is 8. The number of nitrogens with zero attached hydrogens (tertiary/aromatic N) is 2. The van der Waals surface area contributed by atoms with Gasteiger partial charge in [0.25, 0.3) is 0 Å². The average molecular weight is 540 g/mol. The van der Waals surface area contributed by atoms with Crippen LogP contribution in [0.4, 0.5) is 0 Å². The lowest BCUT2D eigenvalue weighted by Crippen LogP contribution is -2.46. The van der Waals surface area contributed by atoms with E-state index < -0.39 is 38.7 Å². The van der Waals surface area contributed by atoms with Crippen LogP contribution in [0.2, 0.25) is 0 Å². The number of carbonyl (C=O) groups is 2. The van der Waals surface area contributed by atoms with Gasteiger partial charge >= 0.3 is 5.97 Å². The minimum atomic E-state index is -3.97. The van der Waals surface area contributed by atoms with E-state index in [4.69, 9.17) is 4.74 Å². The quantitative estimate of drug-likeness (QED) is 0.437. The zero-order valence-electron chi connectivity index (χ0n) is 20.8. The molecule has 194 valence electrons. The van der Waals surface area contributed by atoms with E-state index in [9.17, 15) is 18.0 Å². The lowest BCUT2D eigenvalue weighted by atomic mass is 9.85. The fraction of sp³-hybridized carbons (Fsp3) is 0.296. The van der Waals surface area contributed by atoms with Gasteiger partial charge in [0.1, 0.15) is 5.37 Å². The van der Waals surface area contributed by atoms with Crippen LogP contribution in [0.15, 0.2) is 83.9 Å². The van der Waals surface area contributed by atoms with E-state index in [1.54, 1.807) is 38.2 Å². The van der Waals surface area contributed by atoms with Gasteiger partial charge in [-0.15, -0.1) is 11.8 Å². The van der Waals surface area contributed by atoms with Crippen LogP contribution in [0.5, 0.6) is 0 Å². The number of benzene rings is 2. The summed E-state index contributed by atoms with van der Waals surface area (Å²) < 4.78 is 33.2. The number of aromatic nitrogens is 1. The van der Waals surface area contributed by atoms with Crippen molar-refractivity contribution >= 4 is 33.7 Å². The van der Waals surface area contributed by atoms with Crippen molar-refractivity contribution in [1.82, 2.24) is 14.6 Å². The van der Waals surface area contributed by atoms with E-state index >= 15 is 0 Å². The monoisotopic (exact) mass is 539 g/mol. The Hall–Kier alpha value is -3.21. The molecule has 0 aliphatic carbocycles. The summed E-state index contributed by atoms with van der Waals surface area (Å²) in [6.45, 7) is 3.63. The van der Waals surface area contributed by atoms with E-state index in [0.717, 1.165) is 5.56 Å². The van der Waals surface area contributed by atoms with Gasteiger partial charge in [0.2, 0.25) is 15.9 Å². The van der Waals surface area contributed by atoms with Crippen LogP contribution in [0, 0.1) is 0 Å². The third kappa shape index (κ3) is 5.56. The minimum Gasteiger partial charge on any atom is -0.468 e. The molecule has 8 nitrogen and oxygen atoms in total. The fourth-order valence-corrected chi connectivity index (χ4v) is 7.28. The molecule has 0 radical (unpaired) electrons. The molecule has 1 unspecified atom stereocenters. The number of hydrogen-bond acceptors (Lipinski definition) is 7. The first-order valence-corrected chi connectivity index (χ1v) is 14.2. The number of carbonyl (C=O) groups excluding carboxylic acids is 2. The molecule has 10 heteroatoms. The maximum atomic E-state index is 13.6. The number of ether oxygens (including phenoxy) is 1. The number of nitrogens with one attached hydrogen (secondary N) is 1. The van der Waals surface area contributed by atoms with Crippen molar-refractivity contribution in [2.24, 2.45) is 0 Å². The number of esters is 1. The first-order chi connectivity index (χ1) is 17.7. The van der Waals surface area contributed by atoms with Crippen molar-refractivity contribution in [2.45, 2.75) is 35.6 Å². The maximum absolute atomic E-state index is 13.6. The van der Waals surface area contributed by atoms with E-state index in [2.05, 4.69) is 10.3 Å². The van der Waals surface area contributed by atoms with Crippen LogP contribution in [-0.2, 0) is 29.8 Å². The van der Waals surface area contributed by atoms with Gasteiger partial charge in [0.15, 0.2) is 0 Å². The van der Waals surface area contributed by atoms with Crippen molar-refractivity contribution in [3.8, 4) is 0 Å². The molecule has 1 amide bonds. The maximum Gasteiger partial charge on any atom is 0.315 e. The molecule has 3 aromatic rings. The molecule has 0 bridgehead atoms. The van der Waals surface area contributed by atoms with Gasteiger partial charge in [-0.2, -0.15) is 4.31 Å². The first-order valence-electron chi connectivity index (χ1n) is 11.7. The summed E-state index contributed by atoms with van der Waals surface area (Å²) in [6.07, 6.45) is 1.66. The zero-order valence-corrected chi connectivity index (χ0v) is 22.5. The largest absolute Gasteiger partial charge is 0.468 e. The molecule has 37 heavy (non-hydrogen) atoms. The van der Waals surface area contributed by atoms with Crippen LogP contribution in [-0.4, -0.2) is 54.4 Å². The van der Waals surface area contributed by atoms with Crippen LogP contribution in [0.3, 0.4) is 0 Å². The number of sulfonamides is 1. The van der Waals surface area contributed by atoms with Gasteiger partial charge in [-0.25, -0.2) is 8.42 Å². The van der Waals surface area contributed by atoms with Crippen LogP contribution in [0.1, 0.15) is 36.7 Å². The standard InChI is InChI=1S/C27H29N3O5S2/c1-27(2,26(32)35-3)20-12-14-21(15-13-20)37(33,34)30-17-18-36-25(30)24(31)29-23(19-9-5-4-6-10-19)22-11-7-8-16-28-22/h4-16,23,25H,17-18H2,1-3H3,(H,29,31)/t23-,25?/m1/s1. The molecule has 1 saturated heterocycles. The number of pyridine rings is 1. The predicted molar refractivity (Wildman–Crippen MR) is 142 cm³/mol. The van der Waals surface area contributed by atoms with E-state index in [1.165, 1.54) is 35.3 Å². The Bertz CT molecular complexity index is 1310. The highest BCUT2D eigenvalue weighted by molar-refractivity contribution is 8.02. The summed E-state index contributed by atoms with van der Waals surface area (Å²) in [5.74, 6) is -0.338. The van der Waals surface area contributed by atoms with Gasteiger partial charge in [-0.05, 0) is 49.2 Å². The van der Waals surface area contributed by atoms with Crippen molar-refractivity contribution in [3.63, 3.8) is 0 Å². The third-order valence-electron chi connectivity index (χ3n) is 6.35. The predicted octanol–water partition coefficient (Wildman–Crippen LogP) is 3.50. The normalized spacial score (nSPS) is 17.2. The summed E-state index contributed by atoms with van der Waals surface area (Å²) in [4.78, 5) is 30.1. The molecule has 2 atom stereocenters. The zero-order chi connectivity index (χ0) is 26.6. The second-order valence-corrected chi connectivity index (χ2v) is 12.2. The van der Waals surface area contributed by atoms with E-state index in [0.29, 0.717) is 17.0 Å². The lowest BCUT2D eigenvalue weighted by Gasteiger charge is -2.26. The van der Waals surface area contributed by atoms with Crippen LogP contribution >= 0.6 is 11.8 Å². The Morgan fingerprint density at radius 1 is 1.05 bits per heavy atom. The van der Waals surface area contributed by atoms with Crippen LogP contribution in [0.25, 0.3) is 0 Å². The van der Waals surface area contributed by atoms with Crippen molar-refractivity contribution in [2.75, 3.05) is 19.4 Å². The highest BCUT2D eigenvalue weighted by Gasteiger charge is 2.41. The highest BCUT2D eigenvalue weighted by atomic mass is 32.2. The molecule has 0 saturated carbocycles. The summed E-state index contributed by atoms with van der Waals surface area (Å²) >= 11 is 1.28. The van der Waals surface area contributed by atoms with Gasteiger partial charge < -0.3 is 10.1 Å². The second-order valence-electron chi connectivity index (χ2n) is 9.09. The van der Waals surface area contributed by atoms with Gasteiger partial charge in [-0.1, -0.05) is 48.5 Å². The van der Waals surface area contributed by atoms with Gasteiger partial charge in [0, 0.05) is 18.5 Å². The molecular weight excluding hydrogens is 510 g/mol. The summed E-state index contributed by atoms with van der Waals surface area (Å²) in [5, 5.41) is 2.09. The smallest absolute Gasteiger partial charge is 0.315 e. The summed E-state index contributed by atoms with van der Waals surface area (Å²) in [7, 11) is -2.65. The Morgan fingerprint density at radius 2 is 1.73 bits per heavy atom. The summed E-state index contributed by atoms with van der Waals surface area (Å²) in [5.41, 5.74) is 1.20. The first kappa shape index (κ1) is 26.8. The highest BCUT2D eigenvalue weighted by Crippen LogP contribution is 2.33. The summed E-state index contributed by atoms with van der Waals surface area (Å²) in [6, 6.07) is 20.5. The number of methoxy groups -OCH3 is 1.